The fourth-order valence-corrected chi connectivity index (χ4v) is 3.42. The lowest BCUT2D eigenvalue weighted by molar-refractivity contribution is 0.0715. The van der Waals surface area contributed by atoms with Crippen molar-refractivity contribution in [1.29, 1.82) is 0 Å². The Morgan fingerprint density at radius 3 is 2.62 bits per heavy atom. The molecule has 2 aromatic heterocycles. The third-order valence-corrected chi connectivity index (χ3v) is 4.80. The zero-order valence-corrected chi connectivity index (χ0v) is 14.6. The lowest BCUT2D eigenvalue weighted by Crippen LogP contribution is -2.49. The minimum absolute atomic E-state index is 0.0628. The summed E-state index contributed by atoms with van der Waals surface area (Å²) in [7, 11) is 0. The molecule has 1 aliphatic heterocycles. The number of aromatic amines is 1. The van der Waals surface area contributed by atoms with Crippen molar-refractivity contribution in [3.8, 4) is 0 Å². The zero-order valence-electron chi connectivity index (χ0n) is 14.6. The monoisotopic (exact) mass is 352 g/mol. The topological polar surface area (TPSA) is 82.4 Å². The largest absolute Gasteiger partial charge is 0.451 e. The summed E-state index contributed by atoms with van der Waals surface area (Å²) in [4.78, 5) is 28.0. The smallest absolute Gasteiger partial charge is 0.290 e. The fraction of sp³-hybridized carbons (Fsp3) is 0.316. The SMILES string of the molecule is CCc1c(C(=O)N2CCN(c3ccc(=O)[nH]n3)CC2)oc2ccccc12. The summed E-state index contributed by atoms with van der Waals surface area (Å²) in [6.07, 6.45) is 0.749. The molecule has 7 heteroatoms. The molecule has 26 heavy (non-hydrogen) atoms. The van der Waals surface area contributed by atoms with E-state index in [2.05, 4.69) is 15.1 Å². The number of aryl methyl sites for hydroxylation is 1. The molecular formula is C19H20N4O3. The number of nitrogens with zero attached hydrogens (tertiary/aromatic N) is 3. The maximum atomic E-state index is 13.0. The van der Waals surface area contributed by atoms with Crippen molar-refractivity contribution in [1.82, 2.24) is 15.1 Å². The zero-order chi connectivity index (χ0) is 18.1. The number of H-pyrrole nitrogens is 1. The van der Waals surface area contributed by atoms with Crippen molar-refractivity contribution < 1.29 is 9.21 Å². The molecule has 0 radical (unpaired) electrons. The van der Waals surface area contributed by atoms with E-state index < -0.39 is 0 Å². The summed E-state index contributed by atoms with van der Waals surface area (Å²) >= 11 is 0. The Bertz CT molecular complexity index is 979. The van der Waals surface area contributed by atoms with E-state index in [0.717, 1.165) is 28.8 Å². The number of anilines is 1. The number of nitrogens with one attached hydrogen (secondary N) is 1. The second kappa shape index (κ2) is 6.67. The van der Waals surface area contributed by atoms with Crippen LogP contribution in [0.5, 0.6) is 0 Å². The van der Waals surface area contributed by atoms with Crippen molar-refractivity contribution in [3.63, 3.8) is 0 Å². The van der Waals surface area contributed by atoms with E-state index in [1.807, 2.05) is 36.1 Å². The molecule has 0 saturated carbocycles. The normalized spacial score (nSPS) is 14.8. The van der Waals surface area contributed by atoms with Crippen LogP contribution < -0.4 is 10.5 Å². The summed E-state index contributed by atoms with van der Waals surface area (Å²) in [6, 6.07) is 10.9. The Labute approximate surface area is 150 Å². The van der Waals surface area contributed by atoms with Crippen LogP contribution in [0.15, 0.2) is 45.6 Å². The summed E-state index contributed by atoms with van der Waals surface area (Å²) in [6.45, 7) is 4.52. The lowest BCUT2D eigenvalue weighted by Gasteiger charge is -2.34. The van der Waals surface area contributed by atoms with Crippen LogP contribution in [-0.4, -0.2) is 47.2 Å². The molecule has 1 saturated heterocycles. The van der Waals surface area contributed by atoms with E-state index >= 15 is 0 Å². The van der Waals surface area contributed by atoms with E-state index in [0.29, 0.717) is 31.9 Å². The van der Waals surface area contributed by atoms with Gasteiger partial charge in [0.25, 0.3) is 11.5 Å². The van der Waals surface area contributed by atoms with Crippen LogP contribution in [0.25, 0.3) is 11.0 Å². The standard InChI is InChI=1S/C19H20N4O3/c1-2-13-14-5-3-4-6-15(14)26-18(13)19(25)23-11-9-22(10-12-23)16-7-8-17(24)21-20-16/h3-8H,2,9-12H2,1H3,(H,21,24). The molecule has 0 spiro atoms. The second-order valence-electron chi connectivity index (χ2n) is 6.32. The molecule has 134 valence electrons. The molecule has 3 heterocycles. The lowest BCUT2D eigenvalue weighted by atomic mass is 10.1. The first-order chi connectivity index (χ1) is 12.7. The number of fused-ring (bicyclic) bond motifs is 1. The van der Waals surface area contributed by atoms with Crippen molar-refractivity contribution in [3.05, 3.63) is 58.1 Å². The molecule has 0 bridgehead atoms. The molecule has 0 aliphatic carbocycles. The maximum absolute atomic E-state index is 13.0. The van der Waals surface area contributed by atoms with Crippen LogP contribution in [-0.2, 0) is 6.42 Å². The number of para-hydroxylation sites is 1. The van der Waals surface area contributed by atoms with Gasteiger partial charge in [-0.05, 0) is 18.6 Å². The molecule has 7 nitrogen and oxygen atoms in total. The number of benzene rings is 1. The molecule has 1 fully saturated rings. The predicted molar refractivity (Wildman–Crippen MR) is 98.6 cm³/mol. The summed E-state index contributed by atoms with van der Waals surface area (Å²) in [5.74, 6) is 1.10. The van der Waals surface area contributed by atoms with Crippen LogP contribution in [0.1, 0.15) is 23.0 Å². The first-order valence-electron chi connectivity index (χ1n) is 8.77. The van der Waals surface area contributed by atoms with Gasteiger partial charge in [-0.25, -0.2) is 5.10 Å². The Morgan fingerprint density at radius 2 is 1.92 bits per heavy atom. The summed E-state index contributed by atoms with van der Waals surface area (Å²) in [5.41, 5.74) is 1.50. The molecule has 0 atom stereocenters. The Hall–Kier alpha value is -3.09. The van der Waals surface area contributed by atoms with E-state index in [1.54, 1.807) is 6.07 Å². The molecule has 1 N–H and O–H groups in total. The molecular weight excluding hydrogens is 332 g/mol. The highest BCUT2D eigenvalue weighted by Crippen LogP contribution is 2.27. The average molecular weight is 352 g/mol. The van der Waals surface area contributed by atoms with Crippen molar-refractivity contribution in [2.24, 2.45) is 0 Å². The third kappa shape index (κ3) is 2.85. The van der Waals surface area contributed by atoms with Crippen LogP contribution in [0.3, 0.4) is 0 Å². The number of hydrogen-bond acceptors (Lipinski definition) is 5. The minimum atomic E-state index is -0.223. The van der Waals surface area contributed by atoms with Crippen molar-refractivity contribution in [2.75, 3.05) is 31.1 Å². The number of rotatable bonds is 3. The van der Waals surface area contributed by atoms with E-state index in [1.165, 1.54) is 6.07 Å². The number of furan rings is 1. The van der Waals surface area contributed by atoms with Gasteiger partial charge >= 0.3 is 0 Å². The number of amides is 1. The van der Waals surface area contributed by atoms with Gasteiger partial charge in [0.05, 0.1) is 0 Å². The number of piperazine rings is 1. The highest BCUT2D eigenvalue weighted by atomic mass is 16.3. The highest BCUT2D eigenvalue weighted by Gasteiger charge is 2.27. The summed E-state index contributed by atoms with van der Waals surface area (Å²) < 4.78 is 5.87. The fourth-order valence-electron chi connectivity index (χ4n) is 3.42. The first kappa shape index (κ1) is 16.4. The number of hydrogen-bond donors (Lipinski definition) is 1. The third-order valence-electron chi connectivity index (χ3n) is 4.80. The van der Waals surface area contributed by atoms with Crippen LogP contribution >= 0.6 is 0 Å². The molecule has 1 aliphatic rings. The number of carbonyl (C=O) groups excluding carboxylic acids is 1. The van der Waals surface area contributed by atoms with Gasteiger partial charge in [0, 0.05) is 43.2 Å². The van der Waals surface area contributed by atoms with Gasteiger partial charge in [-0.15, -0.1) is 0 Å². The van der Waals surface area contributed by atoms with E-state index in [9.17, 15) is 9.59 Å². The number of carbonyl (C=O) groups is 1. The number of aromatic nitrogens is 2. The van der Waals surface area contributed by atoms with Gasteiger partial charge in [-0.2, -0.15) is 5.10 Å². The van der Waals surface area contributed by atoms with Gasteiger partial charge in [0.2, 0.25) is 0 Å². The molecule has 3 aromatic rings. The quantitative estimate of drug-likeness (QED) is 0.780. The van der Waals surface area contributed by atoms with Crippen LogP contribution in [0.4, 0.5) is 5.82 Å². The van der Waals surface area contributed by atoms with Gasteiger partial charge < -0.3 is 14.2 Å². The van der Waals surface area contributed by atoms with Crippen molar-refractivity contribution >= 4 is 22.7 Å². The maximum Gasteiger partial charge on any atom is 0.290 e. The molecule has 4 rings (SSSR count). The van der Waals surface area contributed by atoms with Gasteiger partial charge in [0.15, 0.2) is 5.76 Å². The van der Waals surface area contributed by atoms with E-state index in [-0.39, 0.29) is 11.5 Å². The average Bonchev–Trinajstić information content (AvgIpc) is 3.07. The summed E-state index contributed by atoms with van der Waals surface area (Å²) in [5, 5.41) is 7.51. The second-order valence-corrected chi connectivity index (χ2v) is 6.32. The van der Waals surface area contributed by atoms with E-state index in [4.69, 9.17) is 4.42 Å². The highest BCUT2D eigenvalue weighted by molar-refractivity contribution is 5.99. The van der Waals surface area contributed by atoms with Crippen molar-refractivity contribution in [2.45, 2.75) is 13.3 Å². The molecule has 0 unspecified atom stereocenters. The van der Waals surface area contributed by atoms with Gasteiger partial charge in [-0.3, -0.25) is 9.59 Å². The Morgan fingerprint density at radius 1 is 1.15 bits per heavy atom. The predicted octanol–water partition coefficient (Wildman–Crippen LogP) is 2.04. The van der Waals surface area contributed by atoms with Gasteiger partial charge in [-0.1, -0.05) is 25.1 Å². The van der Waals surface area contributed by atoms with Crippen LogP contribution in [0, 0.1) is 0 Å². The Balaban J connectivity index is 1.52. The minimum Gasteiger partial charge on any atom is -0.451 e. The molecule has 1 aromatic carbocycles. The first-order valence-corrected chi connectivity index (χ1v) is 8.77. The van der Waals surface area contributed by atoms with Crippen LogP contribution in [0.2, 0.25) is 0 Å². The van der Waals surface area contributed by atoms with Gasteiger partial charge in [0.1, 0.15) is 11.4 Å². The Kier molecular flexibility index (Phi) is 4.20. The molecule has 1 amide bonds.